The maximum absolute atomic E-state index is 12.8. The molecule has 2 N–H and O–H groups in total. The minimum Gasteiger partial charge on any atom is -0.455 e. The summed E-state index contributed by atoms with van der Waals surface area (Å²) in [7, 11) is 0. The van der Waals surface area contributed by atoms with E-state index in [0.717, 1.165) is 11.1 Å². The second-order valence-corrected chi connectivity index (χ2v) is 7.02. The zero-order valence-corrected chi connectivity index (χ0v) is 17.2. The number of ether oxygens (including phenoxy) is 1. The van der Waals surface area contributed by atoms with Crippen LogP contribution in [0.25, 0.3) is 0 Å². The molecule has 0 bridgehead atoms. The van der Waals surface area contributed by atoms with Crippen molar-refractivity contribution in [3.63, 3.8) is 0 Å². The van der Waals surface area contributed by atoms with Gasteiger partial charge in [0, 0.05) is 0 Å². The van der Waals surface area contributed by atoms with E-state index >= 15 is 0 Å². The Balaban J connectivity index is 1.56. The zero-order chi connectivity index (χ0) is 22.1. The molecule has 0 aromatic heterocycles. The fraction of sp³-hybridized carbons (Fsp3) is 0.160. The predicted octanol–water partition coefficient (Wildman–Crippen LogP) is 3.90. The molecule has 0 aliphatic heterocycles. The molecule has 0 aliphatic rings. The quantitative estimate of drug-likeness (QED) is 0.546. The third-order valence-electron chi connectivity index (χ3n) is 4.65. The molecule has 2 amide bonds. The Morgan fingerprint density at radius 3 is 2.16 bits per heavy atom. The van der Waals surface area contributed by atoms with Crippen LogP contribution in [0.15, 0.2) is 84.9 Å². The van der Waals surface area contributed by atoms with Gasteiger partial charge in [-0.25, -0.2) is 0 Å². The van der Waals surface area contributed by atoms with Gasteiger partial charge in [0.05, 0.1) is 23.7 Å². The van der Waals surface area contributed by atoms with Gasteiger partial charge in [0.15, 0.2) is 6.61 Å². The third-order valence-corrected chi connectivity index (χ3v) is 4.65. The van der Waals surface area contributed by atoms with Gasteiger partial charge in [-0.15, -0.1) is 0 Å². The van der Waals surface area contributed by atoms with Crippen molar-refractivity contribution < 1.29 is 19.1 Å². The van der Waals surface area contributed by atoms with Crippen LogP contribution in [-0.2, 0) is 20.7 Å². The second-order valence-electron chi connectivity index (χ2n) is 7.02. The van der Waals surface area contributed by atoms with Gasteiger partial charge in [-0.05, 0) is 30.2 Å². The molecule has 0 fully saturated rings. The number of rotatable bonds is 8. The number of benzene rings is 3. The number of carbonyl (C=O) groups is 3. The number of carbonyl (C=O) groups excluding carboxylic acids is 3. The minimum atomic E-state index is -0.516. The molecule has 0 heterocycles. The van der Waals surface area contributed by atoms with E-state index in [4.69, 9.17) is 4.74 Å². The van der Waals surface area contributed by atoms with E-state index < -0.39 is 18.5 Å². The number of esters is 1. The predicted molar refractivity (Wildman–Crippen MR) is 118 cm³/mol. The molecule has 6 heteroatoms. The first-order chi connectivity index (χ1) is 15.0. The maximum atomic E-state index is 12.8. The normalized spacial score (nSPS) is 11.3. The average molecular weight is 416 g/mol. The molecule has 0 aliphatic carbocycles. The molecule has 158 valence electrons. The van der Waals surface area contributed by atoms with Crippen LogP contribution < -0.4 is 10.6 Å². The first kappa shape index (κ1) is 21.8. The summed E-state index contributed by atoms with van der Waals surface area (Å²) in [6, 6.07) is 25.2. The van der Waals surface area contributed by atoms with Crippen LogP contribution in [0.2, 0.25) is 0 Å². The van der Waals surface area contributed by atoms with Gasteiger partial charge in [-0.3, -0.25) is 14.4 Å². The van der Waals surface area contributed by atoms with E-state index in [1.54, 1.807) is 24.3 Å². The molecule has 3 rings (SSSR count). The van der Waals surface area contributed by atoms with Crippen LogP contribution >= 0.6 is 0 Å². The van der Waals surface area contributed by atoms with Gasteiger partial charge in [-0.1, -0.05) is 72.8 Å². The molecule has 0 saturated carbocycles. The fourth-order valence-corrected chi connectivity index (χ4v) is 3.04. The first-order valence-electron chi connectivity index (χ1n) is 9.97. The summed E-state index contributed by atoms with van der Waals surface area (Å²) in [5.74, 6) is -1.32. The van der Waals surface area contributed by atoms with Gasteiger partial charge in [0.25, 0.3) is 11.8 Å². The van der Waals surface area contributed by atoms with Crippen molar-refractivity contribution in [3.8, 4) is 0 Å². The van der Waals surface area contributed by atoms with Crippen LogP contribution in [0, 0.1) is 0 Å². The summed E-state index contributed by atoms with van der Waals surface area (Å²) in [6.07, 6.45) is 0.0878. The molecule has 31 heavy (non-hydrogen) atoms. The SMILES string of the molecule is CC(NC(=O)c1ccccc1NC(=O)COC(=O)Cc1ccccc1)c1ccccc1. The van der Waals surface area contributed by atoms with Crippen molar-refractivity contribution in [1.29, 1.82) is 0 Å². The van der Waals surface area contributed by atoms with E-state index in [9.17, 15) is 14.4 Å². The van der Waals surface area contributed by atoms with Crippen LogP contribution in [0.3, 0.4) is 0 Å². The Kier molecular flexibility index (Phi) is 7.54. The fourth-order valence-electron chi connectivity index (χ4n) is 3.04. The Morgan fingerprint density at radius 2 is 1.45 bits per heavy atom. The topological polar surface area (TPSA) is 84.5 Å². The molecule has 0 saturated heterocycles. The number of amides is 2. The van der Waals surface area contributed by atoms with Crippen molar-refractivity contribution in [1.82, 2.24) is 5.32 Å². The zero-order valence-electron chi connectivity index (χ0n) is 17.2. The van der Waals surface area contributed by atoms with Crippen LogP contribution in [-0.4, -0.2) is 24.4 Å². The van der Waals surface area contributed by atoms with Crippen molar-refractivity contribution in [3.05, 3.63) is 102 Å². The highest BCUT2D eigenvalue weighted by atomic mass is 16.5. The molecular weight excluding hydrogens is 392 g/mol. The smallest absolute Gasteiger partial charge is 0.310 e. The lowest BCUT2D eigenvalue weighted by Crippen LogP contribution is -2.28. The highest BCUT2D eigenvalue weighted by molar-refractivity contribution is 6.04. The number of hydrogen-bond donors (Lipinski definition) is 2. The van der Waals surface area contributed by atoms with E-state index in [-0.39, 0.29) is 18.4 Å². The second kappa shape index (κ2) is 10.7. The third kappa shape index (κ3) is 6.54. The van der Waals surface area contributed by atoms with Crippen molar-refractivity contribution in [2.45, 2.75) is 19.4 Å². The Morgan fingerprint density at radius 1 is 0.839 bits per heavy atom. The Hall–Kier alpha value is -3.93. The maximum Gasteiger partial charge on any atom is 0.310 e. The monoisotopic (exact) mass is 416 g/mol. The highest BCUT2D eigenvalue weighted by Crippen LogP contribution is 2.18. The van der Waals surface area contributed by atoms with Gasteiger partial charge < -0.3 is 15.4 Å². The first-order valence-corrected chi connectivity index (χ1v) is 9.97. The molecule has 6 nitrogen and oxygen atoms in total. The van der Waals surface area contributed by atoms with E-state index in [1.807, 2.05) is 67.6 Å². The van der Waals surface area contributed by atoms with Crippen LogP contribution in [0.4, 0.5) is 5.69 Å². The van der Waals surface area contributed by atoms with Gasteiger partial charge in [0.2, 0.25) is 0 Å². The van der Waals surface area contributed by atoms with Gasteiger partial charge >= 0.3 is 5.97 Å². The van der Waals surface area contributed by atoms with E-state index in [0.29, 0.717) is 11.3 Å². The number of hydrogen-bond acceptors (Lipinski definition) is 4. The summed E-state index contributed by atoms with van der Waals surface area (Å²) in [6.45, 7) is 1.46. The summed E-state index contributed by atoms with van der Waals surface area (Å²) in [5.41, 5.74) is 2.46. The van der Waals surface area contributed by atoms with Crippen molar-refractivity contribution >= 4 is 23.5 Å². The molecular formula is C25H24N2O4. The summed E-state index contributed by atoms with van der Waals surface area (Å²) >= 11 is 0. The van der Waals surface area contributed by atoms with Crippen molar-refractivity contribution in [2.75, 3.05) is 11.9 Å². The molecule has 1 atom stereocenters. The lowest BCUT2D eigenvalue weighted by atomic mass is 10.1. The molecule has 3 aromatic carbocycles. The van der Waals surface area contributed by atoms with E-state index in [1.165, 1.54) is 0 Å². The number of para-hydroxylation sites is 1. The van der Waals surface area contributed by atoms with Gasteiger partial charge in [-0.2, -0.15) is 0 Å². The summed E-state index contributed by atoms with van der Waals surface area (Å²) < 4.78 is 5.05. The summed E-state index contributed by atoms with van der Waals surface area (Å²) in [5, 5.41) is 5.57. The number of nitrogens with one attached hydrogen (secondary N) is 2. The number of anilines is 1. The van der Waals surface area contributed by atoms with Crippen LogP contribution in [0.5, 0.6) is 0 Å². The average Bonchev–Trinajstić information content (AvgIpc) is 2.79. The van der Waals surface area contributed by atoms with E-state index in [2.05, 4.69) is 10.6 Å². The standard InChI is InChI=1S/C25H24N2O4/c1-18(20-12-6-3-7-13-20)26-25(30)21-14-8-9-15-22(21)27-23(28)17-31-24(29)16-19-10-4-2-5-11-19/h2-15,18H,16-17H2,1H3,(H,26,30)(H,27,28). The Bertz CT molecular complexity index is 1040. The largest absolute Gasteiger partial charge is 0.455 e. The van der Waals surface area contributed by atoms with Crippen molar-refractivity contribution in [2.24, 2.45) is 0 Å². The lowest BCUT2D eigenvalue weighted by Gasteiger charge is -2.16. The molecule has 0 spiro atoms. The molecule has 3 aromatic rings. The highest BCUT2D eigenvalue weighted by Gasteiger charge is 2.16. The molecule has 0 radical (unpaired) electrons. The lowest BCUT2D eigenvalue weighted by molar-refractivity contribution is -0.146. The van der Waals surface area contributed by atoms with Gasteiger partial charge in [0.1, 0.15) is 0 Å². The van der Waals surface area contributed by atoms with Crippen LogP contribution in [0.1, 0.15) is 34.5 Å². The Labute approximate surface area is 181 Å². The summed E-state index contributed by atoms with van der Waals surface area (Å²) in [4.78, 5) is 37.0. The molecule has 1 unspecified atom stereocenters. The minimum absolute atomic E-state index is 0.0878.